The Morgan fingerprint density at radius 2 is 0.548 bits per heavy atom. The number of ketones is 1. The molecule has 6 bridgehead atoms. The molecule has 0 radical (unpaired) electrons. The molecule has 4 fully saturated rings. The molecule has 4 atom stereocenters. The number of hydrogen-bond donors (Lipinski definition) is 0. The van der Waals surface area contributed by atoms with Crippen LogP contribution in [0.5, 0.6) is 0 Å². The van der Waals surface area contributed by atoms with E-state index in [-0.39, 0.29) is 185 Å². The van der Waals surface area contributed by atoms with Crippen LogP contribution in [0.4, 0.5) is 0 Å². The number of esters is 7. The lowest BCUT2D eigenvalue weighted by Gasteiger charge is -2.59. The van der Waals surface area contributed by atoms with Crippen molar-refractivity contribution >= 4 is 129 Å². The van der Waals surface area contributed by atoms with Crippen molar-refractivity contribution in [2.24, 2.45) is 0 Å². The van der Waals surface area contributed by atoms with Gasteiger partial charge < -0.3 is 82.5 Å². The maximum atomic E-state index is 13.1. The number of hydrogen-bond acceptors (Lipinski definition) is 27. The summed E-state index contributed by atoms with van der Waals surface area (Å²) in [4.78, 5) is 104. The summed E-state index contributed by atoms with van der Waals surface area (Å²) in [5.74, 6) is -4.90. The minimum absolute atomic E-state index is 0.00747. The maximum Gasteiger partial charge on any atom is 0.479 e. The van der Waals surface area contributed by atoms with Gasteiger partial charge in [0.05, 0.1) is 46.2 Å². The molecule has 0 aromatic heterocycles. The summed E-state index contributed by atoms with van der Waals surface area (Å²) < 4.78 is 131. The highest BCUT2D eigenvalue weighted by atomic mass is 28.6. The first kappa shape index (κ1) is 80.8. The van der Waals surface area contributed by atoms with E-state index in [2.05, 4.69) is 52.6 Å². The van der Waals surface area contributed by atoms with Gasteiger partial charge in [-0.3, -0.25) is 4.79 Å². The van der Waals surface area contributed by atoms with E-state index in [4.69, 9.17) is 82.5 Å². The van der Waals surface area contributed by atoms with Gasteiger partial charge in [-0.05, 0) is 118 Å². The van der Waals surface area contributed by atoms with Gasteiger partial charge in [-0.1, -0.05) is 59.1 Å². The van der Waals surface area contributed by atoms with Crippen LogP contribution in [0.15, 0.2) is 97.2 Å². The molecule has 0 saturated carbocycles. The van der Waals surface area contributed by atoms with Crippen LogP contribution >= 0.6 is 0 Å². The molecular weight excluding hydrogens is 1370 g/mol. The van der Waals surface area contributed by atoms with E-state index >= 15 is 0 Å². The van der Waals surface area contributed by atoms with Crippen molar-refractivity contribution in [3.8, 4) is 0 Å². The fourth-order valence-electron chi connectivity index (χ4n) is 9.01. The Hall–Kier alpha value is -4.65. The first-order valence-corrected chi connectivity index (χ1v) is 47.1. The summed E-state index contributed by atoms with van der Waals surface area (Å²) in [6.07, 6.45) is 1.15. The summed E-state index contributed by atoms with van der Waals surface area (Å²) in [5, 5.41) is 0. The molecule has 4 rings (SSSR count). The second kappa shape index (κ2) is 37.8. The van der Waals surface area contributed by atoms with Gasteiger partial charge in [-0.2, -0.15) is 0 Å². The molecule has 0 aliphatic carbocycles. The summed E-state index contributed by atoms with van der Waals surface area (Å²) in [6.45, 7) is 40.4. The lowest BCUT2D eigenvalue weighted by atomic mass is 10.1. The molecule has 520 valence electrons. The van der Waals surface area contributed by atoms with Crippen molar-refractivity contribution < 1.29 is 121 Å². The highest BCUT2D eigenvalue weighted by molar-refractivity contribution is 7.00. The third kappa shape index (κ3) is 26.4. The van der Waals surface area contributed by atoms with E-state index < -0.39 is 123 Å². The van der Waals surface area contributed by atoms with E-state index in [9.17, 15) is 38.4 Å². The highest BCUT2D eigenvalue weighted by Gasteiger charge is 2.78. The summed E-state index contributed by atoms with van der Waals surface area (Å²) in [5.41, 5.74) is 1.30. The molecule has 93 heavy (non-hydrogen) atoms. The quantitative estimate of drug-likeness (QED) is 0.0192. The molecule has 0 spiro atoms. The van der Waals surface area contributed by atoms with E-state index in [0.29, 0.717) is 24.5 Å². The van der Waals surface area contributed by atoms with Crippen LogP contribution in [-0.2, 0) is 121 Å². The molecule has 4 heterocycles. The van der Waals surface area contributed by atoms with E-state index in [1.54, 1.807) is 6.92 Å². The summed E-state index contributed by atoms with van der Waals surface area (Å²) in [6, 6.07) is -0.900. The minimum Gasteiger partial charge on any atom is -0.462 e. The zero-order valence-electron chi connectivity index (χ0n) is 55.3. The normalized spacial score (nSPS) is 25.7. The Labute approximate surface area is 558 Å². The first-order valence-electron chi connectivity index (χ1n) is 30.9. The van der Waals surface area contributed by atoms with Crippen LogP contribution in [0.1, 0.15) is 120 Å². The second-order valence-electron chi connectivity index (χ2n) is 23.1. The van der Waals surface area contributed by atoms with Crippen molar-refractivity contribution in [2.75, 3.05) is 46.2 Å². The number of carbonyl (C=O) groups excluding carboxylic acids is 8. The average Bonchev–Trinajstić information content (AvgIpc) is 0.707. The van der Waals surface area contributed by atoms with E-state index in [1.807, 2.05) is 0 Å². The van der Waals surface area contributed by atoms with Crippen LogP contribution in [0, 0.1) is 0 Å². The van der Waals surface area contributed by atoms with Gasteiger partial charge in [-0.15, -0.1) is 0 Å². The Balaban J connectivity index is 2.23. The number of unbranched alkanes of at least 4 members (excludes halogenated alkanes) is 1. The molecule has 0 aromatic carbocycles. The predicted octanol–water partition coefficient (Wildman–Crippen LogP) is 7.19. The largest absolute Gasteiger partial charge is 0.479 e. The Morgan fingerprint density at radius 1 is 0.312 bits per heavy atom. The molecular formula is C57H94O27Si9. The number of Topliss-reactive ketones (excluding diaryl/α,β-unsaturated/α-hetero) is 1. The standard InChI is InChI=1S/C57H94O27Si9/c1-42(2)50(58)26-17-18-34-85-73-87(35-19-27-66-51(59)43(3)4)76-90(38-22-30-69-54(62)46(9)10)78-88(36-20-28-67-52(60)44(5)6)74-86-75-89(37-21-29-68-53(61)45(7)8)79-91(77-87,39-23-31-70-55(63)47(11)12)83-93(82-90,41-25-33-72-57(65)49(15)16)84-92(80-88,81-89)40-24-32-71-56(64)48(13)14/h1,3,5,7,9,11,13,15,17-41,85-86H2,2,4,6,8,10,12,14,16H3. The predicted molar refractivity (Wildman–Crippen MR) is 355 cm³/mol. The first-order chi connectivity index (χ1) is 43.7. The van der Waals surface area contributed by atoms with Gasteiger partial charge in [0.1, 0.15) is 0 Å². The number of ether oxygens (including phenoxy) is 7. The van der Waals surface area contributed by atoms with Gasteiger partial charge >= 0.3 is 103 Å². The monoisotopic (exact) mass is 1460 g/mol. The average molecular weight is 1460 g/mol. The molecule has 0 N–H and O–H groups in total. The van der Waals surface area contributed by atoms with Crippen LogP contribution < -0.4 is 0 Å². The van der Waals surface area contributed by atoms with Gasteiger partial charge in [0.15, 0.2) is 15.5 Å². The van der Waals surface area contributed by atoms with E-state index in [0.717, 1.165) is 0 Å². The smallest absolute Gasteiger partial charge is 0.462 e. The lowest BCUT2D eigenvalue weighted by molar-refractivity contribution is -0.139. The number of rotatable bonds is 43. The highest BCUT2D eigenvalue weighted by Crippen LogP contribution is 2.50. The van der Waals surface area contributed by atoms with Gasteiger partial charge in [0, 0.05) is 87.7 Å². The Morgan fingerprint density at radius 3 is 0.806 bits per heavy atom. The Kier molecular flexibility index (Phi) is 32.8. The number of carbonyl (C=O) groups is 8. The van der Waals surface area contributed by atoms with Gasteiger partial charge in [0.2, 0.25) is 0 Å². The van der Waals surface area contributed by atoms with Gasteiger partial charge in [-0.25, -0.2) is 33.6 Å². The van der Waals surface area contributed by atoms with Crippen LogP contribution in [0.2, 0.25) is 48.4 Å². The topological polar surface area (TPSA) is 312 Å². The minimum atomic E-state index is -4.95. The summed E-state index contributed by atoms with van der Waals surface area (Å²) >= 11 is 0. The number of fused-ring (bicyclic) bond motifs is 4. The van der Waals surface area contributed by atoms with Crippen LogP contribution in [0.3, 0.4) is 0 Å². The van der Waals surface area contributed by atoms with Crippen molar-refractivity contribution in [3.05, 3.63) is 97.2 Å². The maximum absolute atomic E-state index is 13.1. The zero-order chi connectivity index (χ0) is 69.3. The lowest BCUT2D eigenvalue weighted by Crippen LogP contribution is -2.83. The van der Waals surface area contributed by atoms with Crippen LogP contribution in [0.25, 0.3) is 0 Å². The molecule has 4 unspecified atom stereocenters. The van der Waals surface area contributed by atoms with Crippen molar-refractivity contribution in [1.82, 2.24) is 0 Å². The SMILES string of the molecule is C=C(C)C(=O)CCCC[SiH2]O[Si]1(CCCOC(=O)C(=C)C)O[Si]2(CCCOC(=O)C(=C)C)O[Si]3(CCCOC(=O)C(=C)C)O[SiH2]O[Si]4(CCCOC(=O)C(=C)C)O[Si](CCCOC(=O)C(=C)C)(O1)O[Si](CCCOC(=O)C(=C)C)(O2)O[Si](CCCOC(=O)C(=C)C)(O3)O4. The fourth-order valence-corrected chi connectivity index (χ4v) is 56.5. The molecule has 0 aromatic rings. The van der Waals surface area contributed by atoms with E-state index in [1.165, 1.54) is 48.5 Å². The number of allylic oxidation sites excluding steroid dienone is 1. The molecule has 0 amide bonds. The molecule has 4 saturated heterocycles. The van der Waals surface area contributed by atoms with Crippen molar-refractivity contribution in [1.29, 1.82) is 0 Å². The van der Waals surface area contributed by atoms with Crippen LogP contribution in [-0.4, -0.2) is 175 Å². The molecule has 27 nitrogen and oxygen atoms in total. The molecule has 4 aliphatic heterocycles. The fraction of sp³-hybridized carbons (Fsp3) is 0.579. The zero-order valence-corrected chi connectivity index (χ0v) is 65.1. The molecule has 4 aliphatic rings. The van der Waals surface area contributed by atoms with Crippen molar-refractivity contribution in [2.45, 2.75) is 168 Å². The Bertz CT molecular complexity index is 2710. The third-order valence-electron chi connectivity index (χ3n) is 13.7. The van der Waals surface area contributed by atoms with Crippen molar-refractivity contribution in [3.63, 3.8) is 0 Å². The molecule has 36 heteroatoms. The van der Waals surface area contributed by atoms with Gasteiger partial charge in [0.25, 0.3) is 10.0 Å². The second-order valence-corrected chi connectivity index (χ2v) is 48.3. The third-order valence-corrected chi connectivity index (χ3v) is 50.6. The summed E-state index contributed by atoms with van der Waals surface area (Å²) in [7, 11) is -38.2.